The van der Waals surface area contributed by atoms with Crippen LogP contribution in [-0.4, -0.2) is 47.0 Å². The highest BCUT2D eigenvalue weighted by atomic mass is 35.5. The highest BCUT2D eigenvalue weighted by Crippen LogP contribution is 2.37. The summed E-state index contributed by atoms with van der Waals surface area (Å²) >= 11 is 5.97. The number of carbonyl (C=O) groups is 1. The predicted molar refractivity (Wildman–Crippen MR) is 130 cm³/mol. The second-order valence-electron chi connectivity index (χ2n) is 8.19. The lowest BCUT2D eigenvalue weighted by Gasteiger charge is -2.38. The van der Waals surface area contributed by atoms with Gasteiger partial charge in [-0.25, -0.2) is 9.37 Å². The number of hydrogen-bond donors (Lipinski definition) is 1. The van der Waals surface area contributed by atoms with Gasteiger partial charge in [-0.1, -0.05) is 35.9 Å². The number of nitrogens with one attached hydrogen (secondary N) is 1. The Morgan fingerprint density at radius 3 is 2.58 bits per heavy atom. The molecule has 0 saturated carbocycles. The second-order valence-corrected chi connectivity index (χ2v) is 8.62. The van der Waals surface area contributed by atoms with Crippen molar-refractivity contribution in [1.29, 1.82) is 0 Å². The van der Waals surface area contributed by atoms with Crippen molar-refractivity contribution >= 4 is 34.2 Å². The minimum absolute atomic E-state index is 0.00356. The molecule has 1 fully saturated rings. The summed E-state index contributed by atoms with van der Waals surface area (Å²) in [4.78, 5) is 24.9. The Bertz CT molecular complexity index is 1300. The first-order valence-corrected chi connectivity index (χ1v) is 11.2. The Balaban J connectivity index is 1.39. The van der Waals surface area contributed by atoms with Crippen molar-refractivity contribution < 1.29 is 9.18 Å². The van der Waals surface area contributed by atoms with E-state index in [0.29, 0.717) is 31.2 Å². The normalized spacial score (nSPS) is 15.1. The van der Waals surface area contributed by atoms with Crippen molar-refractivity contribution in [3.8, 4) is 11.1 Å². The van der Waals surface area contributed by atoms with E-state index >= 15 is 0 Å². The first-order valence-electron chi connectivity index (χ1n) is 10.9. The molecule has 1 amide bonds. The molecule has 2 aromatic heterocycles. The zero-order chi connectivity index (χ0) is 22.9. The van der Waals surface area contributed by atoms with Crippen molar-refractivity contribution in [3.63, 3.8) is 0 Å². The van der Waals surface area contributed by atoms with E-state index in [1.807, 2.05) is 35.4 Å². The Kier molecular flexibility index (Phi) is 5.77. The summed E-state index contributed by atoms with van der Waals surface area (Å²) in [6, 6.07) is 15.8. The Labute approximate surface area is 196 Å². The van der Waals surface area contributed by atoms with Gasteiger partial charge >= 0.3 is 0 Å². The number of piperazine rings is 1. The van der Waals surface area contributed by atoms with Crippen LogP contribution in [0.5, 0.6) is 0 Å². The number of nitrogens with zero attached hydrogens (tertiary/aromatic N) is 3. The van der Waals surface area contributed by atoms with E-state index in [2.05, 4.69) is 21.8 Å². The maximum Gasteiger partial charge on any atom is 0.230 e. The number of H-pyrrole nitrogens is 1. The topological polar surface area (TPSA) is 52.2 Å². The molecular formula is C26H23ClFN4O. The Morgan fingerprint density at radius 1 is 1.09 bits per heavy atom. The lowest BCUT2D eigenvalue weighted by Crippen LogP contribution is -2.50. The van der Waals surface area contributed by atoms with Crippen LogP contribution in [0.15, 0.2) is 67.0 Å². The van der Waals surface area contributed by atoms with Crippen LogP contribution >= 0.6 is 11.6 Å². The molecule has 1 radical (unpaired) electrons. The number of aromatic nitrogens is 2. The van der Waals surface area contributed by atoms with Gasteiger partial charge in [0.2, 0.25) is 5.91 Å². The largest absolute Gasteiger partial charge is 0.367 e. The van der Waals surface area contributed by atoms with Gasteiger partial charge in [-0.15, -0.1) is 0 Å². The van der Waals surface area contributed by atoms with Gasteiger partial charge in [0.1, 0.15) is 11.5 Å². The Hall–Kier alpha value is -3.38. The summed E-state index contributed by atoms with van der Waals surface area (Å²) in [5.41, 5.74) is 4.28. The maximum absolute atomic E-state index is 14.0. The Morgan fingerprint density at radius 2 is 1.85 bits per heavy atom. The molecule has 0 bridgehead atoms. The number of pyridine rings is 1. The van der Waals surface area contributed by atoms with E-state index in [1.165, 1.54) is 12.1 Å². The summed E-state index contributed by atoms with van der Waals surface area (Å²) in [6.45, 7) is 6.56. The number of fused-ring (bicyclic) bond motifs is 1. The number of halogens is 2. The number of amides is 1. The number of hydrogen-bond acceptors (Lipinski definition) is 3. The van der Waals surface area contributed by atoms with Crippen LogP contribution in [0.3, 0.4) is 0 Å². The highest BCUT2D eigenvalue weighted by Gasteiger charge is 2.28. The lowest BCUT2D eigenvalue weighted by atomic mass is 9.99. The van der Waals surface area contributed by atoms with E-state index in [9.17, 15) is 9.18 Å². The highest BCUT2D eigenvalue weighted by molar-refractivity contribution is 6.30. The summed E-state index contributed by atoms with van der Waals surface area (Å²) < 4.78 is 14.0. The smallest absolute Gasteiger partial charge is 0.230 e. The zero-order valence-electron chi connectivity index (χ0n) is 18.0. The van der Waals surface area contributed by atoms with Crippen LogP contribution in [0, 0.1) is 12.7 Å². The third kappa shape index (κ3) is 4.18. The monoisotopic (exact) mass is 461 g/mol. The van der Waals surface area contributed by atoms with E-state index in [-0.39, 0.29) is 11.7 Å². The maximum atomic E-state index is 14.0. The number of benzene rings is 2. The van der Waals surface area contributed by atoms with Crippen molar-refractivity contribution in [2.45, 2.75) is 5.92 Å². The molecule has 5 rings (SSSR count). The molecule has 1 aliphatic heterocycles. The zero-order valence-corrected chi connectivity index (χ0v) is 18.7. The second kappa shape index (κ2) is 8.87. The van der Waals surface area contributed by atoms with Gasteiger partial charge in [0, 0.05) is 54.5 Å². The molecule has 1 aliphatic rings. The van der Waals surface area contributed by atoms with Gasteiger partial charge in [0.15, 0.2) is 0 Å². The fourth-order valence-corrected chi connectivity index (χ4v) is 4.54. The number of carbonyl (C=O) groups excluding carboxylic acids is 1. The fourth-order valence-electron chi connectivity index (χ4n) is 4.41. The summed E-state index contributed by atoms with van der Waals surface area (Å²) in [7, 11) is 0. The minimum atomic E-state index is -0.478. The number of rotatable bonds is 4. The average molecular weight is 462 g/mol. The molecule has 1 N–H and O–H groups in total. The third-order valence-corrected chi connectivity index (χ3v) is 6.42. The quantitative estimate of drug-likeness (QED) is 0.449. The molecule has 1 atom stereocenters. The predicted octanol–water partition coefficient (Wildman–Crippen LogP) is 5.29. The van der Waals surface area contributed by atoms with Crippen LogP contribution in [0.1, 0.15) is 11.5 Å². The summed E-state index contributed by atoms with van der Waals surface area (Å²) in [5.74, 6) is -0.760. The van der Waals surface area contributed by atoms with Crippen molar-refractivity contribution in [1.82, 2.24) is 14.9 Å². The van der Waals surface area contributed by atoms with Crippen LogP contribution < -0.4 is 4.90 Å². The standard InChI is InChI=1S/C26H23ClFN4O/c1-17(18-5-7-20(27)8-6-18)26(33)32-13-11-31(12-14-32)24-22-9-10-29-25(22)30-16-23(24)19-3-2-4-21(28)15-19/h2-10,15-17H,1,11-14H2,(H,29,30)/t17-/m0/s1. The molecule has 4 aromatic rings. The number of aromatic amines is 1. The third-order valence-electron chi connectivity index (χ3n) is 6.17. The van der Waals surface area contributed by atoms with E-state index in [4.69, 9.17) is 11.6 Å². The van der Waals surface area contributed by atoms with E-state index in [0.717, 1.165) is 33.4 Å². The molecule has 0 spiro atoms. The van der Waals surface area contributed by atoms with Gasteiger partial charge in [-0.05, 0) is 48.4 Å². The summed E-state index contributed by atoms with van der Waals surface area (Å²) in [5, 5.41) is 1.61. The first-order chi connectivity index (χ1) is 16.0. The van der Waals surface area contributed by atoms with E-state index < -0.39 is 5.92 Å². The minimum Gasteiger partial charge on any atom is -0.367 e. The average Bonchev–Trinajstić information content (AvgIpc) is 3.32. The van der Waals surface area contributed by atoms with Gasteiger partial charge < -0.3 is 14.8 Å². The van der Waals surface area contributed by atoms with Crippen LogP contribution in [0.4, 0.5) is 10.1 Å². The molecule has 167 valence electrons. The van der Waals surface area contributed by atoms with Gasteiger partial charge in [-0.3, -0.25) is 4.79 Å². The van der Waals surface area contributed by atoms with Gasteiger partial charge in [0.05, 0.1) is 11.6 Å². The molecule has 33 heavy (non-hydrogen) atoms. The summed E-state index contributed by atoms with van der Waals surface area (Å²) in [6.07, 6.45) is 3.64. The SMILES string of the molecule is [CH2][C@H](C(=O)N1CCN(c2c(-c3cccc(F)c3)cnc3[nH]ccc23)CC1)c1ccc(Cl)cc1. The molecule has 1 saturated heterocycles. The first kappa shape index (κ1) is 21.5. The fraction of sp³-hybridized carbons (Fsp3) is 0.192. The molecule has 0 unspecified atom stereocenters. The van der Waals surface area contributed by atoms with Crippen molar-refractivity contribution in [2.75, 3.05) is 31.1 Å². The van der Waals surface area contributed by atoms with E-state index in [1.54, 1.807) is 24.4 Å². The van der Waals surface area contributed by atoms with Crippen LogP contribution in [-0.2, 0) is 4.79 Å². The van der Waals surface area contributed by atoms with Crippen LogP contribution in [0.25, 0.3) is 22.2 Å². The molecular weight excluding hydrogens is 439 g/mol. The number of anilines is 1. The molecule has 3 heterocycles. The van der Waals surface area contributed by atoms with Crippen molar-refractivity contribution in [2.24, 2.45) is 0 Å². The molecule has 2 aromatic carbocycles. The lowest BCUT2D eigenvalue weighted by molar-refractivity contribution is -0.132. The van der Waals surface area contributed by atoms with Crippen molar-refractivity contribution in [3.05, 3.63) is 90.3 Å². The molecule has 7 heteroatoms. The van der Waals surface area contributed by atoms with Gasteiger partial charge in [-0.2, -0.15) is 0 Å². The van der Waals surface area contributed by atoms with Crippen LogP contribution in [0.2, 0.25) is 5.02 Å². The molecule has 5 nitrogen and oxygen atoms in total. The molecule has 0 aliphatic carbocycles. The van der Waals surface area contributed by atoms with Gasteiger partial charge in [0.25, 0.3) is 0 Å².